The van der Waals surface area contributed by atoms with Crippen LogP contribution in [0.3, 0.4) is 0 Å². The molecule has 1 amide bonds. The van der Waals surface area contributed by atoms with Crippen molar-refractivity contribution in [1.29, 1.82) is 0 Å². The van der Waals surface area contributed by atoms with Crippen LogP contribution in [-0.2, 0) is 0 Å². The molecular weight excluding hydrogens is 292 g/mol. The van der Waals surface area contributed by atoms with Crippen LogP contribution in [0.4, 0.5) is 10.1 Å². The monoisotopic (exact) mass is 308 g/mol. The first-order valence-corrected chi connectivity index (χ1v) is 8.26. The normalized spacial score (nSPS) is 14.3. The minimum Gasteiger partial charge on any atom is -0.375 e. The number of aromatic nitrogens is 2. The van der Waals surface area contributed by atoms with Crippen LogP contribution in [0.1, 0.15) is 34.0 Å². The molecule has 106 valence electrons. The molecular formula is C13H16N4OS2. The van der Waals surface area contributed by atoms with Crippen molar-refractivity contribution in [2.75, 3.05) is 17.2 Å². The van der Waals surface area contributed by atoms with Gasteiger partial charge >= 0.3 is 0 Å². The predicted molar refractivity (Wildman–Crippen MR) is 82.9 cm³/mol. The lowest BCUT2D eigenvalue weighted by molar-refractivity contribution is 0.102. The van der Waals surface area contributed by atoms with E-state index in [1.807, 2.05) is 19.2 Å². The quantitative estimate of drug-likeness (QED) is 0.889. The van der Waals surface area contributed by atoms with Gasteiger partial charge in [-0.1, -0.05) is 0 Å². The summed E-state index contributed by atoms with van der Waals surface area (Å²) in [6.45, 7) is 4.75. The summed E-state index contributed by atoms with van der Waals surface area (Å²) >= 11 is 2.95. The molecule has 0 aliphatic heterocycles. The molecule has 5 nitrogen and oxygen atoms in total. The minimum absolute atomic E-state index is 0.193. The lowest BCUT2D eigenvalue weighted by atomic mass is 10.4. The second-order valence-corrected chi connectivity index (χ2v) is 7.04. The number of carbonyl (C=O) groups is 1. The number of anilines is 2. The number of nitrogens with zero attached hydrogens (tertiary/aromatic N) is 2. The van der Waals surface area contributed by atoms with E-state index in [9.17, 15) is 4.79 Å². The number of carbonyl (C=O) groups excluding carboxylic acids is 1. The fourth-order valence-corrected chi connectivity index (χ4v) is 3.33. The molecule has 0 bridgehead atoms. The van der Waals surface area contributed by atoms with Crippen LogP contribution in [0.25, 0.3) is 0 Å². The van der Waals surface area contributed by atoms with E-state index < -0.39 is 0 Å². The maximum Gasteiger partial charge on any atom is 0.279 e. The minimum atomic E-state index is -0.193. The maximum atomic E-state index is 12.3. The van der Waals surface area contributed by atoms with Gasteiger partial charge in [0.2, 0.25) is 0 Å². The maximum absolute atomic E-state index is 12.3. The molecule has 7 heteroatoms. The number of aryl methyl sites for hydroxylation is 2. The van der Waals surface area contributed by atoms with Gasteiger partial charge in [0.1, 0.15) is 5.00 Å². The Kier molecular flexibility index (Phi) is 3.71. The van der Waals surface area contributed by atoms with Gasteiger partial charge in [-0.2, -0.15) is 0 Å². The van der Waals surface area contributed by atoms with Crippen LogP contribution < -0.4 is 10.6 Å². The molecule has 20 heavy (non-hydrogen) atoms. The Morgan fingerprint density at radius 2 is 2.20 bits per heavy atom. The summed E-state index contributed by atoms with van der Waals surface area (Å²) in [4.78, 5) is 20.8. The first-order valence-electron chi connectivity index (χ1n) is 6.56. The molecule has 0 spiro atoms. The van der Waals surface area contributed by atoms with Crippen molar-refractivity contribution in [2.24, 2.45) is 5.92 Å². The molecule has 0 atom stereocenters. The van der Waals surface area contributed by atoms with E-state index in [4.69, 9.17) is 0 Å². The van der Waals surface area contributed by atoms with E-state index in [1.165, 1.54) is 35.5 Å². The van der Waals surface area contributed by atoms with E-state index in [-0.39, 0.29) is 5.91 Å². The first kappa shape index (κ1) is 13.5. The zero-order chi connectivity index (χ0) is 14.1. The average Bonchev–Trinajstić information content (AvgIpc) is 3.03. The zero-order valence-electron chi connectivity index (χ0n) is 11.4. The molecule has 0 saturated heterocycles. The van der Waals surface area contributed by atoms with Gasteiger partial charge in [0, 0.05) is 11.9 Å². The van der Waals surface area contributed by atoms with Crippen LogP contribution in [0, 0.1) is 19.8 Å². The molecule has 1 fully saturated rings. The SMILES string of the molecule is Cc1csc(NC(=O)c2nc(C)sc2NCC2CC2)n1. The van der Waals surface area contributed by atoms with Gasteiger partial charge in [0.15, 0.2) is 10.8 Å². The molecule has 1 aliphatic carbocycles. The Bertz CT molecular complexity index is 630. The lowest BCUT2D eigenvalue weighted by Crippen LogP contribution is -2.15. The fourth-order valence-electron chi connectivity index (χ4n) is 1.83. The van der Waals surface area contributed by atoms with Crippen LogP contribution in [0.2, 0.25) is 0 Å². The third-order valence-corrected chi connectivity index (χ3v) is 4.84. The average molecular weight is 308 g/mol. The Morgan fingerprint density at radius 3 is 2.85 bits per heavy atom. The van der Waals surface area contributed by atoms with Crippen LogP contribution in [0.15, 0.2) is 5.38 Å². The first-order chi connectivity index (χ1) is 9.61. The summed E-state index contributed by atoms with van der Waals surface area (Å²) in [7, 11) is 0. The summed E-state index contributed by atoms with van der Waals surface area (Å²) in [6.07, 6.45) is 2.56. The van der Waals surface area contributed by atoms with E-state index in [0.29, 0.717) is 10.8 Å². The van der Waals surface area contributed by atoms with Crippen molar-refractivity contribution in [3.05, 3.63) is 21.8 Å². The molecule has 0 aromatic carbocycles. The highest BCUT2D eigenvalue weighted by atomic mass is 32.1. The highest BCUT2D eigenvalue weighted by Gasteiger charge is 2.23. The van der Waals surface area contributed by atoms with Crippen LogP contribution in [-0.4, -0.2) is 22.4 Å². The van der Waals surface area contributed by atoms with Crippen molar-refractivity contribution in [1.82, 2.24) is 9.97 Å². The van der Waals surface area contributed by atoms with Crippen molar-refractivity contribution in [3.63, 3.8) is 0 Å². The molecule has 1 aliphatic rings. The molecule has 0 radical (unpaired) electrons. The van der Waals surface area contributed by atoms with E-state index in [2.05, 4.69) is 20.6 Å². The number of rotatable bonds is 5. The second-order valence-electron chi connectivity index (χ2n) is 4.98. The summed E-state index contributed by atoms with van der Waals surface area (Å²) < 4.78 is 0. The van der Waals surface area contributed by atoms with Crippen LogP contribution in [0.5, 0.6) is 0 Å². The summed E-state index contributed by atoms with van der Waals surface area (Å²) in [5.41, 5.74) is 1.38. The number of hydrogen-bond acceptors (Lipinski definition) is 6. The molecule has 2 aromatic heterocycles. The number of nitrogens with one attached hydrogen (secondary N) is 2. The lowest BCUT2D eigenvalue weighted by Gasteiger charge is -2.04. The molecule has 3 rings (SSSR count). The molecule has 2 heterocycles. The van der Waals surface area contributed by atoms with Crippen molar-refractivity contribution in [3.8, 4) is 0 Å². The Morgan fingerprint density at radius 1 is 1.40 bits per heavy atom. The summed E-state index contributed by atoms with van der Waals surface area (Å²) in [6, 6.07) is 0. The van der Waals surface area contributed by atoms with Crippen LogP contribution >= 0.6 is 22.7 Å². The number of hydrogen-bond donors (Lipinski definition) is 2. The van der Waals surface area contributed by atoms with Gasteiger partial charge in [-0.25, -0.2) is 9.97 Å². The third-order valence-electron chi connectivity index (χ3n) is 3.04. The van der Waals surface area contributed by atoms with E-state index >= 15 is 0 Å². The highest BCUT2D eigenvalue weighted by Crippen LogP contribution is 2.31. The predicted octanol–water partition coefficient (Wildman–Crippen LogP) is 3.29. The molecule has 0 unspecified atom stereocenters. The molecule has 2 aromatic rings. The van der Waals surface area contributed by atoms with Gasteiger partial charge < -0.3 is 5.32 Å². The summed E-state index contributed by atoms with van der Waals surface area (Å²) in [5.74, 6) is 0.567. The van der Waals surface area contributed by atoms with Gasteiger partial charge in [0.05, 0.1) is 10.7 Å². The van der Waals surface area contributed by atoms with Gasteiger partial charge in [0.25, 0.3) is 5.91 Å². The highest BCUT2D eigenvalue weighted by molar-refractivity contribution is 7.16. The van der Waals surface area contributed by atoms with Crippen molar-refractivity contribution < 1.29 is 4.79 Å². The molecule has 1 saturated carbocycles. The summed E-state index contributed by atoms with van der Waals surface area (Å²) in [5, 5.41) is 10.4. The third kappa shape index (κ3) is 3.16. The molecule has 2 N–H and O–H groups in total. The number of amides is 1. The van der Waals surface area contributed by atoms with E-state index in [1.54, 1.807) is 0 Å². The topological polar surface area (TPSA) is 66.9 Å². The fraction of sp³-hybridized carbons (Fsp3) is 0.462. The van der Waals surface area contributed by atoms with Gasteiger partial charge in [-0.05, 0) is 32.6 Å². The van der Waals surface area contributed by atoms with Gasteiger partial charge in [-0.15, -0.1) is 22.7 Å². The Labute approximate surface area is 125 Å². The Hall–Kier alpha value is -1.47. The smallest absolute Gasteiger partial charge is 0.279 e. The zero-order valence-corrected chi connectivity index (χ0v) is 13.0. The Balaban J connectivity index is 1.72. The largest absolute Gasteiger partial charge is 0.375 e. The van der Waals surface area contributed by atoms with E-state index in [0.717, 1.165) is 28.2 Å². The standard InChI is InChI=1S/C13H16N4OS2/c1-7-6-19-13(15-7)17-11(18)10-12(20-8(2)16-10)14-5-9-3-4-9/h6,9,14H,3-5H2,1-2H3,(H,15,17,18). The van der Waals surface area contributed by atoms with Gasteiger partial charge in [-0.3, -0.25) is 10.1 Å². The van der Waals surface area contributed by atoms with Crippen molar-refractivity contribution >= 4 is 38.7 Å². The van der Waals surface area contributed by atoms with Crippen molar-refractivity contribution in [2.45, 2.75) is 26.7 Å². The second kappa shape index (κ2) is 5.49. The number of thiazole rings is 2.